The van der Waals surface area contributed by atoms with Crippen LogP contribution in [-0.2, 0) is 0 Å². The average Bonchev–Trinajstić information content (AvgIpc) is 2.81. The van der Waals surface area contributed by atoms with Crippen LogP contribution in [0.3, 0.4) is 0 Å². The predicted molar refractivity (Wildman–Crippen MR) is 60.8 cm³/mol. The topological polar surface area (TPSA) is 12.0 Å². The van der Waals surface area contributed by atoms with E-state index >= 15 is 0 Å². The largest absolute Gasteiger partial charge is 0.314 e. The monoisotopic (exact) mass is 207 g/mol. The standard InChI is InChI=1S/C12H17NS/c1-2-12(14-7-1)11-6-3-9(11)8-13-10-4-5-10/h1-2,7,9-11,13H,3-6,8H2. The van der Waals surface area contributed by atoms with Crippen LogP contribution in [-0.4, -0.2) is 12.6 Å². The highest BCUT2D eigenvalue weighted by atomic mass is 32.1. The maximum absolute atomic E-state index is 3.66. The molecule has 0 aliphatic heterocycles. The summed E-state index contributed by atoms with van der Waals surface area (Å²) in [5.41, 5.74) is 0. The summed E-state index contributed by atoms with van der Waals surface area (Å²) in [4.78, 5) is 1.61. The molecule has 2 unspecified atom stereocenters. The Morgan fingerprint density at radius 3 is 2.79 bits per heavy atom. The Morgan fingerprint density at radius 2 is 2.21 bits per heavy atom. The predicted octanol–water partition coefficient (Wildman–Crippen LogP) is 2.99. The molecular weight excluding hydrogens is 190 g/mol. The van der Waals surface area contributed by atoms with Crippen LogP contribution in [0.4, 0.5) is 0 Å². The van der Waals surface area contributed by atoms with Crippen LogP contribution in [0.5, 0.6) is 0 Å². The number of rotatable bonds is 4. The highest BCUT2D eigenvalue weighted by Crippen LogP contribution is 2.44. The van der Waals surface area contributed by atoms with Gasteiger partial charge < -0.3 is 5.32 Å². The average molecular weight is 207 g/mol. The Hall–Kier alpha value is -0.340. The molecule has 3 rings (SSSR count). The highest BCUT2D eigenvalue weighted by Gasteiger charge is 2.33. The zero-order valence-electron chi connectivity index (χ0n) is 8.41. The van der Waals surface area contributed by atoms with Crippen LogP contribution in [0.15, 0.2) is 17.5 Å². The zero-order chi connectivity index (χ0) is 9.38. The van der Waals surface area contributed by atoms with Crippen molar-refractivity contribution in [3.05, 3.63) is 22.4 Å². The SMILES string of the molecule is c1csc(C2CCC2CNC2CC2)c1. The van der Waals surface area contributed by atoms with Crippen molar-refractivity contribution in [1.29, 1.82) is 0 Å². The third-order valence-electron chi connectivity index (χ3n) is 3.57. The minimum absolute atomic E-state index is 0.875. The summed E-state index contributed by atoms with van der Waals surface area (Å²) in [6, 6.07) is 5.36. The first-order chi connectivity index (χ1) is 6.93. The van der Waals surface area contributed by atoms with Gasteiger partial charge in [0.1, 0.15) is 0 Å². The molecule has 0 amide bonds. The van der Waals surface area contributed by atoms with E-state index in [0.717, 1.165) is 17.9 Å². The van der Waals surface area contributed by atoms with Crippen molar-refractivity contribution in [3.8, 4) is 0 Å². The molecule has 2 aliphatic rings. The molecule has 2 saturated carbocycles. The van der Waals surface area contributed by atoms with Gasteiger partial charge in [-0.1, -0.05) is 6.07 Å². The fourth-order valence-electron chi connectivity index (χ4n) is 2.30. The summed E-state index contributed by atoms with van der Waals surface area (Å²) in [6.07, 6.45) is 5.67. The molecule has 1 aromatic rings. The van der Waals surface area contributed by atoms with Crippen LogP contribution in [0.25, 0.3) is 0 Å². The lowest BCUT2D eigenvalue weighted by Gasteiger charge is -2.36. The van der Waals surface area contributed by atoms with Crippen molar-refractivity contribution in [2.24, 2.45) is 5.92 Å². The van der Waals surface area contributed by atoms with Gasteiger partial charge in [-0.25, -0.2) is 0 Å². The normalized spacial score (nSPS) is 31.4. The van der Waals surface area contributed by atoms with Crippen molar-refractivity contribution in [1.82, 2.24) is 5.32 Å². The van der Waals surface area contributed by atoms with E-state index in [1.54, 1.807) is 4.88 Å². The van der Waals surface area contributed by atoms with Crippen molar-refractivity contribution in [3.63, 3.8) is 0 Å². The van der Waals surface area contributed by atoms with Crippen molar-refractivity contribution < 1.29 is 0 Å². The fourth-order valence-corrected chi connectivity index (χ4v) is 3.25. The van der Waals surface area contributed by atoms with Gasteiger partial charge in [0, 0.05) is 10.9 Å². The lowest BCUT2D eigenvalue weighted by Crippen LogP contribution is -2.34. The molecular formula is C12H17NS. The molecule has 1 nitrogen and oxygen atoms in total. The van der Waals surface area contributed by atoms with Gasteiger partial charge in [-0.3, -0.25) is 0 Å². The maximum atomic E-state index is 3.66. The van der Waals surface area contributed by atoms with Crippen LogP contribution < -0.4 is 5.32 Å². The van der Waals surface area contributed by atoms with Crippen molar-refractivity contribution in [2.45, 2.75) is 37.6 Å². The van der Waals surface area contributed by atoms with Gasteiger partial charge in [0.05, 0.1) is 0 Å². The molecule has 0 radical (unpaired) electrons. The molecule has 1 aromatic heterocycles. The summed E-state index contributed by atoms with van der Waals surface area (Å²) >= 11 is 1.93. The number of hydrogen-bond acceptors (Lipinski definition) is 2. The molecule has 0 spiro atoms. The Balaban J connectivity index is 1.54. The quantitative estimate of drug-likeness (QED) is 0.800. The molecule has 0 saturated heterocycles. The van der Waals surface area contributed by atoms with Gasteiger partial charge in [0.2, 0.25) is 0 Å². The van der Waals surface area contributed by atoms with E-state index in [9.17, 15) is 0 Å². The van der Waals surface area contributed by atoms with E-state index in [2.05, 4.69) is 22.8 Å². The number of nitrogens with one attached hydrogen (secondary N) is 1. The summed E-state index contributed by atoms with van der Waals surface area (Å²) in [7, 11) is 0. The van der Waals surface area contributed by atoms with E-state index in [4.69, 9.17) is 0 Å². The Morgan fingerprint density at radius 1 is 1.29 bits per heavy atom. The third-order valence-corrected chi connectivity index (χ3v) is 4.58. The highest BCUT2D eigenvalue weighted by molar-refractivity contribution is 7.10. The number of hydrogen-bond donors (Lipinski definition) is 1. The van der Waals surface area contributed by atoms with Crippen LogP contribution in [0.1, 0.15) is 36.5 Å². The molecule has 2 heteroatoms. The molecule has 76 valence electrons. The van der Waals surface area contributed by atoms with E-state index < -0.39 is 0 Å². The molecule has 0 aromatic carbocycles. The van der Waals surface area contributed by atoms with Gasteiger partial charge in [-0.2, -0.15) is 0 Å². The van der Waals surface area contributed by atoms with Crippen LogP contribution in [0, 0.1) is 5.92 Å². The molecule has 1 N–H and O–H groups in total. The first-order valence-electron chi connectivity index (χ1n) is 5.70. The van der Waals surface area contributed by atoms with Crippen molar-refractivity contribution in [2.75, 3.05) is 6.54 Å². The molecule has 2 aliphatic carbocycles. The fraction of sp³-hybridized carbons (Fsp3) is 0.667. The Bertz CT molecular complexity index is 289. The minimum Gasteiger partial charge on any atom is -0.314 e. The summed E-state index contributed by atoms with van der Waals surface area (Å²) in [5.74, 6) is 1.80. The lowest BCUT2D eigenvalue weighted by atomic mass is 9.73. The summed E-state index contributed by atoms with van der Waals surface area (Å²) in [6.45, 7) is 1.26. The summed E-state index contributed by atoms with van der Waals surface area (Å²) in [5, 5.41) is 5.86. The number of thiophene rings is 1. The third kappa shape index (κ3) is 1.73. The Kier molecular flexibility index (Phi) is 2.34. The van der Waals surface area contributed by atoms with Gasteiger partial charge >= 0.3 is 0 Å². The Labute approximate surface area is 89.5 Å². The van der Waals surface area contributed by atoms with Gasteiger partial charge in [-0.05, 0) is 55.5 Å². The second-order valence-electron chi connectivity index (χ2n) is 4.64. The summed E-state index contributed by atoms with van der Waals surface area (Å²) < 4.78 is 0. The second-order valence-corrected chi connectivity index (χ2v) is 5.62. The van der Waals surface area contributed by atoms with Crippen LogP contribution >= 0.6 is 11.3 Å². The van der Waals surface area contributed by atoms with E-state index in [1.165, 1.54) is 32.2 Å². The first kappa shape index (κ1) is 8.93. The minimum atomic E-state index is 0.875. The van der Waals surface area contributed by atoms with Gasteiger partial charge in [0.25, 0.3) is 0 Å². The van der Waals surface area contributed by atoms with Crippen molar-refractivity contribution >= 4 is 11.3 Å². The molecule has 1 heterocycles. The molecule has 0 bridgehead atoms. The van der Waals surface area contributed by atoms with Gasteiger partial charge in [-0.15, -0.1) is 11.3 Å². The maximum Gasteiger partial charge on any atom is 0.00794 e. The van der Waals surface area contributed by atoms with E-state index in [1.807, 2.05) is 11.3 Å². The van der Waals surface area contributed by atoms with Crippen LogP contribution in [0.2, 0.25) is 0 Å². The molecule has 2 fully saturated rings. The van der Waals surface area contributed by atoms with Gasteiger partial charge in [0.15, 0.2) is 0 Å². The van der Waals surface area contributed by atoms with E-state index in [0.29, 0.717) is 0 Å². The first-order valence-corrected chi connectivity index (χ1v) is 6.58. The molecule has 14 heavy (non-hydrogen) atoms. The smallest absolute Gasteiger partial charge is 0.00794 e. The van der Waals surface area contributed by atoms with E-state index in [-0.39, 0.29) is 0 Å². The second kappa shape index (κ2) is 3.67. The lowest BCUT2D eigenvalue weighted by molar-refractivity contribution is 0.248. The molecule has 2 atom stereocenters. The zero-order valence-corrected chi connectivity index (χ0v) is 9.22.